The quantitative estimate of drug-likeness (QED) is 0.841. The van der Waals surface area contributed by atoms with E-state index in [2.05, 4.69) is 10.1 Å². The number of aromatic amines is 1. The molecule has 0 unspecified atom stereocenters. The molecule has 0 aromatic carbocycles. The molecule has 0 fully saturated rings. The largest absolute Gasteiger partial charge is 0.417 e. The highest BCUT2D eigenvalue weighted by Crippen LogP contribution is 2.31. The third kappa shape index (κ3) is 3.04. The molecule has 0 aliphatic rings. The van der Waals surface area contributed by atoms with E-state index in [9.17, 15) is 13.2 Å². The highest BCUT2D eigenvalue weighted by molar-refractivity contribution is 7.71. The summed E-state index contributed by atoms with van der Waals surface area (Å²) in [5.74, 6) is 0.159. The highest BCUT2D eigenvalue weighted by atomic mass is 35.5. The first-order valence-corrected chi connectivity index (χ1v) is 6.65. The maximum absolute atomic E-state index is 12.6. The molecule has 2 aromatic rings. The number of hydrogen-bond acceptors (Lipinski definition) is 2. The van der Waals surface area contributed by atoms with Crippen LogP contribution in [0.25, 0.3) is 5.82 Å². The number of halogens is 4. The number of nitrogens with zero attached hydrogens (tertiary/aromatic N) is 2. The van der Waals surface area contributed by atoms with Crippen LogP contribution in [0.3, 0.4) is 0 Å². The maximum Gasteiger partial charge on any atom is 0.417 e. The van der Waals surface area contributed by atoms with Crippen LogP contribution < -0.4 is 0 Å². The number of nitrogens with one attached hydrogen (secondary N) is 1. The molecule has 0 bridgehead atoms. The van der Waals surface area contributed by atoms with E-state index < -0.39 is 11.7 Å². The summed E-state index contributed by atoms with van der Waals surface area (Å²) < 4.78 is 39.5. The van der Waals surface area contributed by atoms with Gasteiger partial charge in [-0.2, -0.15) is 13.2 Å². The Bertz CT molecular complexity index is 675. The van der Waals surface area contributed by atoms with E-state index >= 15 is 0 Å². The molecular formula is C12H11ClF3N3S. The second-order valence-electron chi connectivity index (χ2n) is 4.23. The summed E-state index contributed by atoms with van der Waals surface area (Å²) in [4.78, 5) is 3.76. The van der Waals surface area contributed by atoms with Gasteiger partial charge in [-0.1, -0.05) is 37.2 Å². The molecule has 2 rings (SSSR count). The Morgan fingerprint density at radius 2 is 2.10 bits per heavy atom. The van der Waals surface area contributed by atoms with E-state index in [0.29, 0.717) is 4.64 Å². The van der Waals surface area contributed by atoms with Crippen molar-refractivity contribution in [1.29, 1.82) is 0 Å². The van der Waals surface area contributed by atoms with Crippen molar-refractivity contribution in [1.82, 2.24) is 14.8 Å². The zero-order valence-corrected chi connectivity index (χ0v) is 12.0. The van der Waals surface area contributed by atoms with Crippen LogP contribution >= 0.6 is 23.8 Å². The van der Waals surface area contributed by atoms with E-state index in [1.807, 2.05) is 6.92 Å². The third-order valence-corrected chi connectivity index (χ3v) is 3.23. The average molecular weight is 322 g/mol. The molecule has 2 aromatic heterocycles. The lowest BCUT2D eigenvalue weighted by Crippen LogP contribution is -2.08. The zero-order valence-electron chi connectivity index (χ0n) is 10.5. The number of aromatic nitrogens is 3. The monoisotopic (exact) mass is 321 g/mol. The summed E-state index contributed by atoms with van der Waals surface area (Å²) >= 11 is 11.0. The van der Waals surface area contributed by atoms with Gasteiger partial charge in [-0.15, -0.1) is 0 Å². The van der Waals surface area contributed by atoms with Crippen molar-refractivity contribution in [2.24, 2.45) is 0 Å². The smallest absolute Gasteiger partial charge is 0.296 e. The average Bonchev–Trinajstić information content (AvgIpc) is 2.69. The molecule has 1 N–H and O–H groups in total. The number of H-pyrrole nitrogens is 1. The molecule has 108 valence electrons. The van der Waals surface area contributed by atoms with Gasteiger partial charge in [-0.3, -0.25) is 5.10 Å². The molecule has 2 heterocycles. The number of hydrogen-bond donors (Lipinski definition) is 1. The topological polar surface area (TPSA) is 33.6 Å². The van der Waals surface area contributed by atoms with E-state index in [-0.39, 0.29) is 10.8 Å². The lowest BCUT2D eigenvalue weighted by Gasteiger charge is -2.09. The van der Waals surface area contributed by atoms with Gasteiger partial charge in [0.15, 0.2) is 5.82 Å². The minimum atomic E-state index is -4.47. The first kappa shape index (κ1) is 15.1. The summed E-state index contributed by atoms with van der Waals surface area (Å²) in [6, 6.07) is 2.58. The van der Waals surface area contributed by atoms with Crippen LogP contribution in [0.2, 0.25) is 5.02 Å². The second kappa shape index (κ2) is 5.57. The molecule has 0 amide bonds. The fourth-order valence-electron chi connectivity index (χ4n) is 1.75. The number of alkyl halides is 3. The minimum Gasteiger partial charge on any atom is -0.296 e. The summed E-state index contributed by atoms with van der Waals surface area (Å²) in [6.45, 7) is 2.01. The zero-order chi connectivity index (χ0) is 14.9. The molecule has 0 atom stereocenters. The van der Waals surface area contributed by atoms with Crippen molar-refractivity contribution < 1.29 is 13.2 Å². The van der Waals surface area contributed by atoms with Gasteiger partial charge in [-0.25, -0.2) is 9.67 Å². The van der Waals surface area contributed by atoms with Crippen molar-refractivity contribution in [3.63, 3.8) is 0 Å². The molecule has 8 heteroatoms. The lowest BCUT2D eigenvalue weighted by molar-refractivity contribution is -0.137. The second-order valence-corrected chi connectivity index (χ2v) is 5.06. The van der Waals surface area contributed by atoms with Gasteiger partial charge < -0.3 is 0 Å². The summed E-state index contributed by atoms with van der Waals surface area (Å²) in [5.41, 5.74) is -0.00614. The van der Waals surface area contributed by atoms with E-state index in [1.165, 1.54) is 4.68 Å². The third-order valence-electron chi connectivity index (χ3n) is 2.65. The SMILES string of the molecule is CCCc1cc(=S)n(-c2ncc(C(F)(F)F)cc2Cl)[nH]1. The molecule has 0 saturated carbocycles. The normalized spacial score (nSPS) is 11.8. The first-order valence-electron chi connectivity index (χ1n) is 5.87. The van der Waals surface area contributed by atoms with E-state index in [1.54, 1.807) is 6.07 Å². The van der Waals surface area contributed by atoms with Crippen molar-refractivity contribution >= 4 is 23.8 Å². The molecule has 0 aliphatic carbocycles. The van der Waals surface area contributed by atoms with Gasteiger partial charge in [-0.05, 0) is 18.6 Å². The van der Waals surface area contributed by atoms with Gasteiger partial charge in [0.25, 0.3) is 0 Å². The molecule has 0 radical (unpaired) electrons. The fourth-order valence-corrected chi connectivity index (χ4v) is 2.27. The Hall–Kier alpha value is -1.34. The van der Waals surface area contributed by atoms with Crippen LogP contribution in [-0.4, -0.2) is 14.8 Å². The molecule has 3 nitrogen and oxygen atoms in total. The maximum atomic E-state index is 12.6. The standard InChI is InChI=1S/C12H11ClF3N3S/c1-2-3-8-5-10(20)19(18-8)11-9(13)4-7(6-17-11)12(14,15)16/h4-6,18H,2-3H2,1H3. The Morgan fingerprint density at radius 3 is 2.65 bits per heavy atom. The summed E-state index contributed by atoms with van der Waals surface area (Å²) in [5, 5.41) is 2.87. The van der Waals surface area contributed by atoms with E-state index in [0.717, 1.165) is 30.8 Å². The van der Waals surface area contributed by atoms with Crippen molar-refractivity contribution in [3.05, 3.63) is 39.3 Å². The van der Waals surface area contributed by atoms with Gasteiger partial charge in [0.05, 0.1) is 10.6 Å². The van der Waals surface area contributed by atoms with Crippen LogP contribution in [0.1, 0.15) is 24.6 Å². The Balaban J connectivity index is 2.46. The van der Waals surface area contributed by atoms with Gasteiger partial charge in [0, 0.05) is 11.9 Å². The predicted molar refractivity (Wildman–Crippen MR) is 72.8 cm³/mol. The Morgan fingerprint density at radius 1 is 1.40 bits per heavy atom. The molecule has 0 spiro atoms. The lowest BCUT2D eigenvalue weighted by atomic mass is 10.3. The van der Waals surface area contributed by atoms with Crippen molar-refractivity contribution in [2.45, 2.75) is 25.9 Å². The van der Waals surface area contributed by atoms with Gasteiger partial charge in [0.2, 0.25) is 0 Å². The van der Waals surface area contributed by atoms with Crippen LogP contribution in [0.4, 0.5) is 13.2 Å². The Kier molecular flexibility index (Phi) is 4.19. The highest BCUT2D eigenvalue weighted by Gasteiger charge is 2.31. The minimum absolute atomic E-state index is 0.110. The Labute approximate surface area is 123 Å². The van der Waals surface area contributed by atoms with Crippen LogP contribution in [0, 0.1) is 4.64 Å². The molecule has 0 aliphatic heterocycles. The number of pyridine rings is 1. The summed E-state index contributed by atoms with van der Waals surface area (Å²) in [7, 11) is 0. The molecule has 20 heavy (non-hydrogen) atoms. The van der Waals surface area contributed by atoms with Crippen molar-refractivity contribution in [3.8, 4) is 5.82 Å². The number of aryl methyl sites for hydroxylation is 1. The fraction of sp³-hybridized carbons (Fsp3) is 0.333. The van der Waals surface area contributed by atoms with E-state index in [4.69, 9.17) is 23.8 Å². The van der Waals surface area contributed by atoms with Crippen LogP contribution in [0.5, 0.6) is 0 Å². The van der Waals surface area contributed by atoms with Gasteiger partial charge in [0.1, 0.15) is 4.64 Å². The molecular weight excluding hydrogens is 311 g/mol. The predicted octanol–water partition coefficient (Wildman–Crippen LogP) is 4.55. The summed E-state index contributed by atoms with van der Waals surface area (Å²) in [6.07, 6.45) is -2.03. The van der Waals surface area contributed by atoms with Crippen molar-refractivity contribution in [2.75, 3.05) is 0 Å². The van der Waals surface area contributed by atoms with Gasteiger partial charge >= 0.3 is 6.18 Å². The first-order chi connectivity index (χ1) is 9.32. The molecule has 0 saturated heterocycles. The number of rotatable bonds is 3. The van der Waals surface area contributed by atoms with Crippen LogP contribution in [-0.2, 0) is 12.6 Å². The van der Waals surface area contributed by atoms with Crippen LogP contribution in [0.15, 0.2) is 18.3 Å².